The van der Waals surface area contributed by atoms with Gasteiger partial charge >= 0.3 is 0 Å². The van der Waals surface area contributed by atoms with Gasteiger partial charge in [-0.05, 0) is 60.4 Å². The summed E-state index contributed by atoms with van der Waals surface area (Å²) >= 11 is 0. The molecule has 0 radical (unpaired) electrons. The number of methoxy groups -OCH3 is 4. The van der Waals surface area contributed by atoms with Gasteiger partial charge in [-0.2, -0.15) is 10.2 Å². The zero-order valence-electron chi connectivity index (χ0n) is 26.8. The van der Waals surface area contributed by atoms with E-state index in [4.69, 9.17) is 23.7 Å². The molecule has 0 fully saturated rings. The molecule has 11 heteroatoms. The van der Waals surface area contributed by atoms with Crippen LogP contribution in [0.15, 0.2) is 79.0 Å². The summed E-state index contributed by atoms with van der Waals surface area (Å²) in [7, 11) is 6.08. The Balaban J connectivity index is 1.55. The van der Waals surface area contributed by atoms with Crippen molar-refractivity contribution in [2.75, 3.05) is 39.1 Å². The Hall–Kier alpha value is -6.28. The normalized spacial score (nSPS) is 10.4. The number of para-hydroxylation sites is 1. The Morgan fingerprint density at radius 2 is 1.43 bits per heavy atom. The van der Waals surface area contributed by atoms with Gasteiger partial charge in [0.1, 0.15) is 5.56 Å². The number of carbonyl (C=O) groups excluding carboxylic acids is 1. The number of benzene rings is 4. The maximum Gasteiger partial charge on any atom is 0.262 e. The van der Waals surface area contributed by atoms with Gasteiger partial charge in [-0.15, -0.1) is 0 Å². The van der Waals surface area contributed by atoms with E-state index < -0.39 is 5.91 Å². The van der Waals surface area contributed by atoms with Gasteiger partial charge < -0.3 is 34.3 Å². The second kappa shape index (κ2) is 14.2. The lowest BCUT2D eigenvalue weighted by molar-refractivity contribution is 0.102. The summed E-state index contributed by atoms with van der Waals surface area (Å²) in [6.07, 6.45) is 1.39. The van der Waals surface area contributed by atoms with Gasteiger partial charge in [0.15, 0.2) is 23.0 Å². The number of ether oxygens (including phenoxy) is 5. The average molecular weight is 632 g/mol. The summed E-state index contributed by atoms with van der Waals surface area (Å²) in [4.78, 5) is 22.7. The predicted molar refractivity (Wildman–Crippen MR) is 179 cm³/mol. The van der Waals surface area contributed by atoms with Crippen molar-refractivity contribution >= 4 is 23.2 Å². The maximum atomic E-state index is 13.7. The second-order valence-electron chi connectivity index (χ2n) is 10.3. The first-order valence-electron chi connectivity index (χ1n) is 14.5. The number of nitrogens with one attached hydrogen (secondary N) is 2. The monoisotopic (exact) mass is 631 g/mol. The van der Waals surface area contributed by atoms with E-state index in [1.807, 2.05) is 50.2 Å². The summed E-state index contributed by atoms with van der Waals surface area (Å²) in [5.74, 6) is 1.66. The summed E-state index contributed by atoms with van der Waals surface area (Å²) in [6, 6.07) is 23.9. The smallest absolute Gasteiger partial charge is 0.262 e. The van der Waals surface area contributed by atoms with E-state index in [-0.39, 0.29) is 17.4 Å². The highest BCUT2D eigenvalue weighted by atomic mass is 16.5. The molecule has 0 aliphatic carbocycles. The molecule has 0 bridgehead atoms. The molecule has 238 valence electrons. The number of anilines is 3. The molecule has 1 aromatic heterocycles. The fourth-order valence-corrected chi connectivity index (χ4v) is 4.94. The van der Waals surface area contributed by atoms with Crippen LogP contribution in [0.2, 0.25) is 0 Å². The van der Waals surface area contributed by atoms with Gasteiger partial charge in [-0.25, -0.2) is 4.98 Å². The zero-order valence-corrected chi connectivity index (χ0v) is 26.8. The van der Waals surface area contributed by atoms with Gasteiger partial charge in [-0.3, -0.25) is 4.79 Å². The molecule has 2 N–H and O–H groups in total. The summed E-state index contributed by atoms with van der Waals surface area (Å²) in [5.41, 5.74) is 5.31. The molecule has 1 amide bonds. The summed E-state index contributed by atoms with van der Waals surface area (Å²) in [5, 5.41) is 15.4. The Morgan fingerprint density at radius 1 is 0.766 bits per heavy atom. The highest BCUT2D eigenvalue weighted by Gasteiger charge is 2.21. The van der Waals surface area contributed by atoms with Crippen LogP contribution in [0.4, 0.5) is 17.3 Å². The average Bonchev–Trinajstić information content (AvgIpc) is 3.09. The molecule has 1 heterocycles. The maximum absolute atomic E-state index is 13.7. The Kier molecular flexibility index (Phi) is 9.72. The van der Waals surface area contributed by atoms with E-state index in [0.717, 1.165) is 22.3 Å². The van der Waals surface area contributed by atoms with E-state index >= 15 is 0 Å². The SMILES string of the molecule is COc1cc(-c2cccc(C#N)c2)ccc1Oc1nc(Nc2cc(OC)c(OC)c(OC)c2)ncc1C(=O)Nc1c(C)cccc1C. The van der Waals surface area contributed by atoms with Gasteiger partial charge in [0.25, 0.3) is 5.91 Å². The number of aromatic nitrogens is 2. The van der Waals surface area contributed by atoms with Crippen LogP contribution in [0.3, 0.4) is 0 Å². The molecule has 0 spiro atoms. The van der Waals surface area contributed by atoms with E-state index in [9.17, 15) is 10.1 Å². The van der Waals surface area contributed by atoms with Gasteiger partial charge in [0, 0.05) is 29.7 Å². The molecule has 5 rings (SSSR count). The highest BCUT2D eigenvalue weighted by Crippen LogP contribution is 2.41. The Bertz CT molecular complexity index is 1940. The summed E-state index contributed by atoms with van der Waals surface area (Å²) < 4.78 is 28.3. The van der Waals surface area contributed by atoms with Gasteiger partial charge in [0.2, 0.25) is 17.6 Å². The third-order valence-electron chi connectivity index (χ3n) is 7.33. The first-order chi connectivity index (χ1) is 22.8. The lowest BCUT2D eigenvalue weighted by Gasteiger charge is -2.17. The molecule has 0 unspecified atom stereocenters. The number of nitrogens with zero attached hydrogens (tertiary/aromatic N) is 3. The number of aryl methyl sites for hydroxylation is 2. The van der Waals surface area contributed by atoms with Gasteiger partial charge in [-0.1, -0.05) is 36.4 Å². The standard InChI is InChI=1S/C36H33N5O6/c1-21-9-7-10-22(2)32(21)40-34(42)27-20-38-36(39-26-17-30(44-4)33(46-6)31(18-26)45-5)41-35(27)47-28-14-13-25(16-29(28)43-3)24-12-8-11-23(15-24)19-37/h7-18,20H,1-6H3,(H,40,42)(H,38,39,41). The molecular formula is C36H33N5O6. The fraction of sp³-hybridized carbons (Fsp3) is 0.167. The first kappa shape index (κ1) is 32.1. The lowest BCUT2D eigenvalue weighted by atomic mass is 10.0. The van der Waals surface area contributed by atoms with Crippen LogP contribution < -0.4 is 34.3 Å². The molecule has 5 aromatic rings. The first-order valence-corrected chi connectivity index (χ1v) is 14.5. The van der Waals surface area contributed by atoms with Crippen LogP contribution in [0.25, 0.3) is 11.1 Å². The van der Waals surface area contributed by atoms with Crippen molar-refractivity contribution < 1.29 is 28.5 Å². The molecule has 0 aliphatic rings. The van der Waals surface area contributed by atoms with Crippen LogP contribution in [-0.2, 0) is 0 Å². The van der Waals surface area contributed by atoms with Crippen molar-refractivity contribution in [3.63, 3.8) is 0 Å². The number of amides is 1. The van der Waals surface area contributed by atoms with E-state index in [1.165, 1.54) is 34.6 Å². The van der Waals surface area contributed by atoms with Crippen molar-refractivity contribution in [1.82, 2.24) is 9.97 Å². The molecule has 0 atom stereocenters. The van der Waals surface area contributed by atoms with Crippen LogP contribution in [-0.4, -0.2) is 44.3 Å². The molecule has 0 saturated carbocycles. The van der Waals surface area contributed by atoms with E-state index in [2.05, 4.69) is 26.7 Å². The van der Waals surface area contributed by atoms with Crippen LogP contribution >= 0.6 is 0 Å². The fourth-order valence-electron chi connectivity index (χ4n) is 4.94. The molecule has 0 saturated heterocycles. The van der Waals surface area contributed by atoms with E-state index in [1.54, 1.807) is 36.4 Å². The minimum absolute atomic E-state index is 0.0174. The van der Waals surface area contributed by atoms with Crippen molar-refractivity contribution in [1.29, 1.82) is 5.26 Å². The van der Waals surface area contributed by atoms with Crippen molar-refractivity contribution in [3.05, 3.63) is 101 Å². The number of carbonyl (C=O) groups is 1. The molecule has 47 heavy (non-hydrogen) atoms. The number of nitriles is 1. The molecular weight excluding hydrogens is 598 g/mol. The topological polar surface area (TPSA) is 137 Å². The zero-order chi connectivity index (χ0) is 33.5. The minimum atomic E-state index is -0.458. The lowest BCUT2D eigenvalue weighted by Crippen LogP contribution is -2.16. The molecule has 0 aliphatic heterocycles. The van der Waals surface area contributed by atoms with Crippen molar-refractivity contribution in [2.24, 2.45) is 0 Å². The van der Waals surface area contributed by atoms with Crippen molar-refractivity contribution in [3.8, 4) is 51.8 Å². The minimum Gasteiger partial charge on any atom is -0.493 e. The number of rotatable bonds is 11. The van der Waals surface area contributed by atoms with Crippen LogP contribution in [0.5, 0.6) is 34.6 Å². The third kappa shape index (κ3) is 7.02. The van der Waals surface area contributed by atoms with Gasteiger partial charge in [0.05, 0.1) is 40.1 Å². The number of hydrogen-bond donors (Lipinski definition) is 2. The van der Waals surface area contributed by atoms with Crippen LogP contribution in [0, 0.1) is 25.2 Å². The van der Waals surface area contributed by atoms with Crippen LogP contribution in [0.1, 0.15) is 27.0 Å². The third-order valence-corrected chi connectivity index (χ3v) is 7.33. The quantitative estimate of drug-likeness (QED) is 0.151. The number of hydrogen-bond acceptors (Lipinski definition) is 10. The van der Waals surface area contributed by atoms with Crippen molar-refractivity contribution in [2.45, 2.75) is 13.8 Å². The summed E-state index contributed by atoms with van der Waals surface area (Å²) in [6.45, 7) is 3.83. The van der Waals surface area contributed by atoms with E-state index in [0.29, 0.717) is 45.7 Å². The Morgan fingerprint density at radius 3 is 2.06 bits per heavy atom. The molecule has 11 nitrogen and oxygen atoms in total. The predicted octanol–water partition coefficient (Wildman–Crippen LogP) is 7.45. The second-order valence-corrected chi connectivity index (χ2v) is 10.3. The largest absolute Gasteiger partial charge is 0.493 e. The Labute approximate surface area is 272 Å². The highest BCUT2D eigenvalue weighted by molar-refractivity contribution is 6.06. The molecule has 4 aromatic carbocycles.